The molecule has 0 radical (unpaired) electrons. The molecule has 1 aliphatic rings. The van der Waals surface area contributed by atoms with Crippen molar-refractivity contribution in [2.24, 2.45) is 5.73 Å². The van der Waals surface area contributed by atoms with Crippen LogP contribution in [0.25, 0.3) is 0 Å². The summed E-state index contributed by atoms with van der Waals surface area (Å²) in [4.78, 5) is 25.8. The Morgan fingerprint density at radius 3 is 2.67 bits per heavy atom. The van der Waals surface area contributed by atoms with Gasteiger partial charge in [0.05, 0.1) is 0 Å². The van der Waals surface area contributed by atoms with Crippen molar-refractivity contribution in [2.75, 3.05) is 13.1 Å². The Bertz CT molecular complexity index is 229. The van der Waals surface area contributed by atoms with E-state index >= 15 is 0 Å². The Labute approximate surface area is 75.6 Å². The van der Waals surface area contributed by atoms with Crippen LogP contribution in [0.5, 0.6) is 0 Å². The van der Waals surface area contributed by atoms with Crippen LogP contribution >= 0.6 is 0 Å². The van der Waals surface area contributed by atoms with Gasteiger partial charge in [-0.05, 0) is 0 Å². The second kappa shape index (κ2) is 3.21. The molecular weight excluding hydrogens is 267 g/mol. The molecule has 0 saturated carbocycles. The molecule has 0 aliphatic carbocycles. The molecule has 1 heterocycles. The summed E-state index contributed by atoms with van der Waals surface area (Å²) >= 11 is -2.99. The molecule has 12 heavy (non-hydrogen) atoms. The van der Waals surface area contributed by atoms with Crippen molar-refractivity contribution in [2.45, 2.75) is 9.88 Å². The summed E-state index contributed by atoms with van der Waals surface area (Å²) in [7, 11) is 0. The van der Waals surface area contributed by atoms with E-state index in [0.29, 0.717) is 0 Å². The first kappa shape index (κ1) is 9.78. The molecular formula is C6H12N2O3Sn. The fourth-order valence-electron chi connectivity index (χ4n) is 1.18. The van der Waals surface area contributed by atoms with Crippen LogP contribution in [0.2, 0.25) is 9.88 Å². The van der Waals surface area contributed by atoms with Gasteiger partial charge in [-0.2, -0.15) is 0 Å². The molecule has 1 aliphatic heterocycles. The SMILES string of the molecule is [CH3][Sn]1([CH3])[O]C(=O)C[N]1C(=O)CN. The molecule has 1 rings (SSSR count). The van der Waals surface area contributed by atoms with E-state index in [4.69, 9.17) is 8.81 Å². The van der Waals surface area contributed by atoms with Crippen molar-refractivity contribution in [3.63, 3.8) is 0 Å². The molecule has 0 atom stereocenters. The van der Waals surface area contributed by atoms with E-state index in [2.05, 4.69) is 0 Å². The number of hydrogen-bond donors (Lipinski definition) is 1. The van der Waals surface area contributed by atoms with Gasteiger partial charge in [-0.3, -0.25) is 0 Å². The molecule has 1 fully saturated rings. The van der Waals surface area contributed by atoms with Crippen LogP contribution in [0.3, 0.4) is 0 Å². The van der Waals surface area contributed by atoms with Gasteiger partial charge in [0.2, 0.25) is 0 Å². The fraction of sp³-hybridized carbons (Fsp3) is 0.667. The Morgan fingerprint density at radius 1 is 1.75 bits per heavy atom. The van der Waals surface area contributed by atoms with Crippen molar-refractivity contribution in [1.29, 1.82) is 0 Å². The van der Waals surface area contributed by atoms with Crippen LogP contribution in [0.4, 0.5) is 0 Å². The van der Waals surface area contributed by atoms with Crippen LogP contribution in [0, 0.1) is 0 Å². The first-order valence-corrected chi connectivity index (χ1v) is 11.8. The summed E-state index contributed by atoms with van der Waals surface area (Å²) in [5.74, 6) is -0.473. The third-order valence-electron chi connectivity index (χ3n) is 1.78. The summed E-state index contributed by atoms with van der Waals surface area (Å²) in [6.07, 6.45) is 0. The van der Waals surface area contributed by atoms with E-state index in [1.165, 1.54) is 3.12 Å². The van der Waals surface area contributed by atoms with E-state index in [1.807, 2.05) is 9.88 Å². The molecule has 6 heteroatoms. The zero-order chi connectivity index (χ0) is 9.35. The molecule has 0 aromatic heterocycles. The minimum atomic E-state index is -2.99. The first-order valence-electron chi connectivity index (χ1n) is 3.70. The summed E-state index contributed by atoms with van der Waals surface area (Å²) in [6, 6.07) is 0. The Kier molecular flexibility index (Phi) is 2.62. The number of nitrogens with zero attached hydrogens (tertiary/aromatic N) is 1. The maximum absolute atomic E-state index is 11.2. The van der Waals surface area contributed by atoms with E-state index in [1.54, 1.807) is 0 Å². The summed E-state index contributed by atoms with van der Waals surface area (Å²) in [5, 5.41) is 0. The van der Waals surface area contributed by atoms with Crippen LogP contribution in [0.1, 0.15) is 0 Å². The molecule has 1 amide bonds. The maximum atomic E-state index is 11.2. The van der Waals surface area contributed by atoms with E-state index < -0.39 is 19.1 Å². The quantitative estimate of drug-likeness (QED) is 0.627. The Balaban J connectivity index is 2.78. The number of hydrogen-bond acceptors (Lipinski definition) is 4. The molecule has 5 nitrogen and oxygen atoms in total. The zero-order valence-corrected chi connectivity index (χ0v) is 10.0. The van der Waals surface area contributed by atoms with Crippen molar-refractivity contribution in [1.82, 2.24) is 3.12 Å². The molecule has 0 bridgehead atoms. The van der Waals surface area contributed by atoms with Gasteiger partial charge in [-0.1, -0.05) is 0 Å². The van der Waals surface area contributed by atoms with E-state index in [9.17, 15) is 9.59 Å². The number of amides is 1. The molecule has 0 aromatic rings. The molecule has 68 valence electrons. The summed E-state index contributed by atoms with van der Waals surface area (Å²) < 4.78 is 6.64. The standard InChI is InChI=1S/C4H8N2O3.2CH3.Sn/c5-1-3(7)6-2-4(8)9;;;/h1-2,5H2,(H2,6,7,8,9);2*1H3;/q;;;+2/p-2. The predicted molar refractivity (Wildman–Crippen MR) is 44.3 cm³/mol. The van der Waals surface area contributed by atoms with Crippen molar-refractivity contribution >= 4 is 30.9 Å². The van der Waals surface area contributed by atoms with Crippen LogP contribution in [-0.2, 0) is 12.7 Å². The number of nitrogens with two attached hydrogens (primary N) is 1. The number of carbonyl (C=O) groups excluding carboxylic acids is 2. The number of rotatable bonds is 1. The predicted octanol–water partition coefficient (Wildman–Crippen LogP) is -0.968. The first-order chi connectivity index (χ1) is 5.47. The van der Waals surface area contributed by atoms with Gasteiger partial charge < -0.3 is 0 Å². The Hall–Kier alpha value is -0.301. The van der Waals surface area contributed by atoms with E-state index in [0.717, 1.165) is 0 Å². The van der Waals surface area contributed by atoms with Gasteiger partial charge in [0.1, 0.15) is 0 Å². The van der Waals surface area contributed by atoms with Crippen molar-refractivity contribution < 1.29 is 12.7 Å². The van der Waals surface area contributed by atoms with Gasteiger partial charge in [-0.15, -0.1) is 0 Å². The van der Waals surface area contributed by atoms with Gasteiger partial charge >= 0.3 is 75.4 Å². The minimum absolute atomic E-state index is 0.0447. The average Bonchev–Trinajstić information content (AvgIpc) is 2.23. The second-order valence-electron chi connectivity index (χ2n) is 3.10. The van der Waals surface area contributed by atoms with Gasteiger partial charge in [0, 0.05) is 0 Å². The molecule has 0 spiro atoms. The monoisotopic (exact) mass is 280 g/mol. The van der Waals surface area contributed by atoms with Crippen LogP contribution < -0.4 is 5.73 Å². The second-order valence-corrected chi connectivity index (χ2v) is 13.5. The van der Waals surface area contributed by atoms with Crippen LogP contribution in [0.15, 0.2) is 0 Å². The molecule has 1 saturated heterocycles. The van der Waals surface area contributed by atoms with Gasteiger partial charge in [0.15, 0.2) is 0 Å². The molecule has 0 unspecified atom stereocenters. The number of carbonyl (C=O) groups is 2. The summed E-state index contributed by atoms with van der Waals surface area (Å²) in [6.45, 7) is 0.0517. The van der Waals surface area contributed by atoms with Crippen molar-refractivity contribution in [3.05, 3.63) is 0 Å². The topological polar surface area (TPSA) is 72.6 Å². The third-order valence-corrected chi connectivity index (χ3v) is 8.73. The van der Waals surface area contributed by atoms with Gasteiger partial charge in [-0.25, -0.2) is 0 Å². The fourth-order valence-corrected chi connectivity index (χ4v) is 6.70. The molecule has 2 N–H and O–H groups in total. The van der Waals surface area contributed by atoms with Gasteiger partial charge in [0.25, 0.3) is 0 Å². The zero-order valence-electron chi connectivity index (χ0n) is 7.16. The Morgan fingerprint density at radius 2 is 2.33 bits per heavy atom. The van der Waals surface area contributed by atoms with Crippen LogP contribution in [-0.4, -0.2) is 47.2 Å². The normalized spacial score (nSPS) is 20.9. The molecule has 0 aromatic carbocycles. The average molecular weight is 279 g/mol. The summed E-state index contributed by atoms with van der Waals surface area (Å²) in [5.41, 5.74) is 5.19. The van der Waals surface area contributed by atoms with E-state index in [-0.39, 0.29) is 25.0 Å². The van der Waals surface area contributed by atoms with Crippen molar-refractivity contribution in [3.8, 4) is 0 Å². The third kappa shape index (κ3) is 1.71.